The monoisotopic (exact) mass is 303 g/mol. The summed E-state index contributed by atoms with van der Waals surface area (Å²) in [6.07, 6.45) is 6.18. The molecule has 0 bridgehead atoms. The van der Waals surface area contributed by atoms with Gasteiger partial charge in [0.05, 0.1) is 0 Å². The van der Waals surface area contributed by atoms with Crippen molar-refractivity contribution in [1.82, 2.24) is 10.2 Å². The van der Waals surface area contributed by atoms with Gasteiger partial charge in [0, 0.05) is 19.5 Å². The maximum absolute atomic E-state index is 12.3. The summed E-state index contributed by atoms with van der Waals surface area (Å²) in [4.78, 5) is 25.5. The molecule has 0 aromatic rings. The minimum absolute atomic E-state index is 0. The molecule has 116 valence electrons. The molecule has 1 aliphatic carbocycles. The Morgan fingerprint density at radius 1 is 1.20 bits per heavy atom. The van der Waals surface area contributed by atoms with Crippen molar-refractivity contribution in [2.75, 3.05) is 13.1 Å². The molecule has 0 aromatic carbocycles. The van der Waals surface area contributed by atoms with Crippen molar-refractivity contribution in [3.8, 4) is 0 Å². The summed E-state index contributed by atoms with van der Waals surface area (Å²) in [6, 6.07) is -0.0708. The molecule has 2 fully saturated rings. The number of halogens is 1. The third-order valence-corrected chi connectivity index (χ3v) is 4.50. The average Bonchev–Trinajstić information content (AvgIpc) is 2.88. The number of carbonyl (C=O) groups is 2. The van der Waals surface area contributed by atoms with Gasteiger partial charge in [0.25, 0.3) is 0 Å². The van der Waals surface area contributed by atoms with E-state index in [0.717, 1.165) is 32.1 Å². The molecule has 3 unspecified atom stereocenters. The third-order valence-electron chi connectivity index (χ3n) is 4.50. The van der Waals surface area contributed by atoms with Crippen LogP contribution in [0.15, 0.2) is 0 Å². The lowest BCUT2D eigenvalue weighted by atomic mass is 9.84. The van der Waals surface area contributed by atoms with Gasteiger partial charge in [-0.15, -0.1) is 12.4 Å². The number of hydrogen-bond donors (Lipinski definition) is 2. The van der Waals surface area contributed by atoms with Crippen molar-refractivity contribution in [3.63, 3.8) is 0 Å². The Hall–Kier alpha value is -0.810. The molecule has 6 heteroatoms. The number of carbonyl (C=O) groups excluding carboxylic acids is 2. The molecule has 3 atom stereocenters. The molecule has 2 amide bonds. The van der Waals surface area contributed by atoms with Gasteiger partial charge < -0.3 is 16.0 Å². The van der Waals surface area contributed by atoms with E-state index in [-0.39, 0.29) is 36.3 Å². The Morgan fingerprint density at radius 3 is 2.55 bits per heavy atom. The predicted molar refractivity (Wildman–Crippen MR) is 80.6 cm³/mol. The van der Waals surface area contributed by atoms with E-state index >= 15 is 0 Å². The van der Waals surface area contributed by atoms with E-state index in [1.54, 1.807) is 4.90 Å². The number of nitrogens with zero attached hydrogens (tertiary/aromatic N) is 1. The Labute approximate surface area is 127 Å². The quantitative estimate of drug-likeness (QED) is 0.818. The third kappa shape index (κ3) is 3.85. The van der Waals surface area contributed by atoms with E-state index < -0.39 is 0 Å². The van der Waals surface area contributed by atoms with Gasteiger partial charge in [-0.25, -0.2) is 0 Å². The van der Waals surface area contributed by atoms with E-state index in [4.69, 9.17) is 5.73 Å². The number of hydrogen-bond acceptors (Lipinski definition) is 3. The summed E-state index contributed by atoms with van der Waals surface area (Å²) in [5, 5.41) is 3.13. The van der Waals surface area contributed by atoms with Crippen LogP contribution in [0, 0.1) is 5.92 Å². The van der Waals surface area contributed by atoms with Crippen molar-refractivity contribution >= 4 is 24.2 Å². The molecule has 0 aromatic heterocycles. The normalized spacial score (nSPS) is 29.7. The number of likely N-dealkylation sites (tertiary alicyclic amines) is 1. The highest BCUT2D eigenvalue weighted by Gasteiger charge is 2.34. The fourth-order valence-corrected chi connectivity index (χ4v) is 3.37. The first-order valence-electron chi connectivity index (χ1n) is 7.41. The molecular formula is C14H26ClN3O2. The Morgan fingerprint density at radius 2 is 1.90 bits per heavy atom. The summed E-state index contributed by atoms with van der Waals surface area (Å²) in [6.45, 7) is 2.87. The van der Waals surface area contributed by atoms with Gasteiger partial charge in [-0.1, -0.05) is 12.8 Å². The second-order valence-electron chi connectivity index (χ2n) is 5.77. The second-order valence-corrected chi connectivity index (χ2v) is 5.77. The zero-order valence-electron chi connectivity index (χ0n) is 12.1. The van der Waals surface area contributed by atoms with Gasteiger partial charge in [-0.2, -0.15) is 0 Å². The minimum Gasteiger partial charge on any atom is -0.351 e. The van der Waals surface area contributed by atoms with Crippen molar-refractivity contribution in [1.29, 1.82) is 0 Å². The van der Waals surface area contributed by atoms with Crippen LogP contribution in [0.2, 0.25) is 0 Å². The van der Waals surface area contributed by atoms with Crippen LogP contribution in [-0.4, -0.2) is 41.9 Å². The lowest BCUT2D eigenvalue weighted by molar-refractivity contribution is -0.137. The van der Waals surface area contributed by atoms with Crippen LogP contribution in [0.25, 0.3) is 0 Å². The Kier molecular flexibility index (Phi) is 6.76. The molecular weight excluding hydrogens is 278 g/mol. The molecule has 1 saturated carbocycles. The average molecular weight is 304 g/mol. The number of amides is 2. The first kappa shape index (κ1) is 17.2. The SMILES string of the molecule is CC(=O)N1CCCC1C(=O)NC1CCCCC1CN.Cl. The van der Waals surface area contributed by atoms with Crippen molar-refractivity contribution in [2.24, 2.45) is 11.7 Å². The summed E-state index contributed by atoms with van der Waals surface area (Å²) in [5.74, 6) is 0.402. The van der Waals surface area contributed by atoms with Crippen LogP contribution in [-0.2, 0) is 9.59 Å². The van der Waals surface area contributed by atoms with Crippen molar-refractivity contribution < 1.29 is 9.59 Å². The summed E-state index contributed by atoms with van der Waals surface area (Å²) in [7, 11) is 0. The molecule has 1 aliphatic heterocycles. The molecule has 2 rings (SSSR count). The number of rotatable bonds is 3. The molecule has 5 nitrogen and oxygen atoms in total. The van der Waals surface area contributed by atoms with E-state index in [1.807, 2.05) is 0 Å². The van der Waals surface area contributed by atoms with Crippen LogP contribution >= 0.6 is 12.4 Å². The van der Waals surface area contributed by atoms with E-state index in [0.29, 0.717) is 19.0 Å². The highest BCUT2D eigenvalue weighted by Crippen LogP contribution is 2.24. The van der Waals surface area contributed by atoms with Crippen molar-refractivity contribution in [2.45, 2.75) is 57.5 Å². The largest absolute Gasteiger partial charge is 0.351 e. The predicted octanol–water partition coefficient (Wildman–Crippen LogP) is 1.05. The smallest absolute Gasteiger partial charge is 0.243 e. The van der Waals surface area contributed by atoms with Crippen LogP contribution in [0.3, 0.4) is 0 Å². The highest BCUT2D eigenvalue weighted by atomic mass is 35.5. The Bertz CT molecular complexity index is 351. The van der Waals surface area contributed by atoms with Gasteiger partial charge in [0.1, 0.15) is 6.04 Å². The van der Waals surface area contributed by atoms with Gasteiger partial charge in [0.15, 0.2) is 0 Å². The zero-order chi connectivity index (χ0) is 13.8. The molecule has 2 aliphatic rings. The summed E-state index contributed by atoms with van der Waals surface area (Å²) in [5.41, 5.74) is 5.78. The van der Waals surface area contributed by atoms with Gasteiger partial charge >= 0.3 is 0 Å². The maximum Gasteiger partial charge on any atom is 0.243 e. The lowest BCUT2D eigenvalue weighted by Crippen LogP contribution is -2.51. The first-order valence-corrected chi connectivity index (χ1v) is 7.41. The topological polar surface area (TPSA) is 75.4 Å². The molecule has 0 spiro atoms. The molecule has 20 heavy (non-hydrogen) atoms. The number of nitrogens with one attached hydrogen (secondary N) is 1. The molecule has 1 heterocycles. The van der Waals surface area contributed by atoms with Crippen LogP contribution in [0.5, 0.6) is 0 Å². The fraction of sp³-hybridized carbons (Fsp3) is 0.857. The molecule has 1 saturated heterocycles. The lowest BCUT2D eigenvalue weighted by Gasteiger charge is -2.33. The highest BCUT2D eigenvalue weighted by molar-refractivity contribution is 5.87. The maximum atomic E-state index is 12.3. The molecule has 3 N–H and O–H groups in total. The molecule has 0 radical (unpaired) electrons. The van der Waals surface area contributed by atoms with E-state index in [9.17, 15) is 9.59 Å². The first-order chi connectivity index (χ1) is 9.13. The fourth-order valence-electron chi connectivity index (χ4n) is 3.37. The van der Waals surface area contributed by atoms with Crippen LogP contribution in [0.1, 0.15) is 45.4 Å². The van der Waals surface area contributed by atoms with Gasteiger partial charge in [-0.05, 0) is 38.1 Å². The van der Waals surface area contributed by atoms with Crippen LogP contribution < -0.4 is 11.1 Å². The summed E-state index contributed by atoms with van der Waals surface area (Å²) >= 11 is 0. The minimum atomic E-state index is -0.266. The Balaban J connectivity index is 0.00000200. The van der Waals surface area contributed by atoms with E-state index in [2.05, 4.69) is 5.32 Å². The van der Waals surface area contributed by atoms with Gasteiger partial charge in [-0.3, -0.25) is 9.59 Å². The summed E-state index contributed by atoms with van der Waals surface area (Å²) < 4.78 is 0. The zero-order valence-corrected chi connectivity index (χ0v) is 13.0. The number of nitrogens with two attached hydrogens (primary N) is 1. The van der Waals surface area contributed by atoms with E-state index in [1.165, 1.54) is 13.3 Å². The second kappa shape index (κ2) is 7.84. The van der Waals surface area contributed by atoms with Crippen LogP contribution in [0.4, 0.5) is 0 Å². The van der Waals surface area contributed by atoms with Crippen molar-refractivity contribution in [3.05, 3.63) is 0 Å². The standard InChI is InChI=1S/C14H25N3O2.ClH/c1-10(18)17-8-4-7-13(17)14(19)16-12-6-3-2-5-11(12)9-15;/h11-13H,2-9,15H2,1H3,(H,16,19);1H. The van der Waals surface area contributed by atoms with Gasteiger partial charge in [0.2, 0.25) is 11.8 Å².